The lowest BCUT2D eigenvalue weighted by molar-refractivity contribution is -0.131. The van der Waals surface area contributed by atoms with Crippen LogP contribution in [0.1, 0.15) is 52.7 Å². The molecule has 0 saturated carbocycles. The van der Waals surface area contributed by atoms with Gasteiger partial charge in [-0.15, -0.1) is 11.3 Å². The highest BCUT2D eigenvalue weighted by Crippen LogP contribution is 2.31. The van der Waals surface area contributed by atoms with Crippen LogP contribution >= 0.6 is 11.3 Å². The number of piperidine rings is 2. The van der Waals surface area contributed by atoms with Crippen molar-refractivity contribution < 1.29 is 14.4 Å². The third-order valence-corrected chi connectivity index (χ3v) is 8.07. The third kappa shape index (κ3) is 4.57. The molecule has 2 aliphatic heterocycles. The van der Waals surface area contributed by atoms with E-state index in [1.54, 1.807) is 4.90 Å². The van der Waals surface area contributed by atoms with Gasteiger partial charge in [0.25, 0.3) is 5.91 Å². The smallest absolute Gasteiger partial charge is 0.273 e. The standard InChI is InChI=1S/C25H29N5O3S/c26-23(32)17-4-3-9-30(14-17)25(33)21-15-34-24(28-21)16-7-10-29(11-8-16)22(31)12-18-13-27-20-6-2-1-5-19(18)20/h1-2,5-6,13,15-17,27H,3-4,7-12,14H2,(H2,26,32). The lowest BCUT2D eigenvalue weighted by Gasteiger charge is -2.31. The molecule has 34 heavy (non-hydrogen) atoms. The topological polar surface area (TPSA) is 112 Å². The van der Waals surface area contributed by atoms with Gasteiger partial charge in [0.05, 0.1) is 17.3 Å². The van der Waals surface area contributed by atoms with E-state index in [1.807, 2.05) is 40.7 Å². The summed E-state index contributed by atoms with van der Waals surface area (Å²) in [5.41, 5.74) is 7.97. The molecule has 0 radical (unpaired) electrons. The molecule has 0 spiro atoms. The molecule has 3 amide bonds. The van der Waals surface area contributed by atoms with Crippen molar-refractivity contribution in [3.8, 4) is 0 Å². The first-order chi connectivity index (χ1) is 16.5. The van der Waals surface area contributed by atoms with Crippen LogP contribution in [0, 0.1) is 5.92 Å². The summed E-state index contributed by atoms with van der Waals surface area (Å²) in [5, 5.41) is 3.87. The highest BCUT2D eigenvalue weighted by molar-refractivity contribution is 7.09. The molecule has 8 nitrogen and oxygen atoms in total. The molecule has 9 heteroatoms. The Hall–Kier alpha value is -3.20. The van der Waals surface area contributed by atoms with Crippen molar-refractivity contribution in [1.29, 1.82) is 0 Å². The molecule has 2 fully saturated rings. The van der Waals surface area contributed by atoms with Crippen LogP contribution in [0.2, 0.25) is 0 Å². The maximum atomic E-state index is 12.9. The molecule has 2 aliphatic rings. The normalized spacial score (nSPS) is 19.5. The fraction of sp³-hybridized carbons (Fsp3) is 0.440. The van der Waals surface area contributed by atoms with E-state index in [4.69, 9.17) is 5.73 Å². The van der Waals surface area contributed by atoms with E-state index in [1.165, 1.54) is 11.3 Å². The average Bonchev–Trinajstić information content (AvgIpc) is 3.52. The van der Waals surface area contributed by atoms with Gasteiger partial charge in [-0.3, -0.25) is 14.4 Å². The quantitative estimate of drug-likeness (QED) is 0.586. The number of amides is 3. The van der Waals surface area contributed by atoms with E-state index in [0.717, 1.165) is 47.2 Å². The molecule has 3 N–H and O–H groups in total. The number of carbonyl (C=O) groups excluding carboxylic acids is 3. The van der Waals surface area contributed by atoms with Crippen LogP contribution in [0.3, 0.4) is 0 Å². The number of H-pyrrole nitrogens is 1. The minimum absolute atomic E-state index is 0.125. The number of thiazole rings is 1. The number of nitrogens with one attached hydrogen (secondary N) is 1. The fourth-order valence-electron chi connectivity index (χ4n) is 5.06. The largest absolute Gasteiger partial charge is 0.369 e. The Kier molecular flexibility index (Phi) is 6.36. The van der Waals surface area contributed by atoms with Gasteiger partial charge in [-0.1, -0.05) is 18.2 Å². The zero-order valence-electron chi connectivity index (χ0n) is 19.0. The number of likely N-dealkylation sites (tertiary alicyclic amines) is 2. The van der Waals surface area contributed by atoms with E-state index in [-0.39, 0.29) is 29.6 Å². The van der Waals surface area contributed by atoms with Crippen LogP contribution in [0.15, 0.2) is 35.8 Å². The molecular formula is C25H29N5O3S. The Morgan fingerprint density at radius 1 is 1.09 bits per heavy atom. The summed E-state index contributed by atoms with van der Waals surface area (Å²) in [6.07, 6.45) is 5.52. The van der Waals surface area contributed by atoms with Crippen molar-refractivity contribution >= 4 is 40.0 Å². The first-order valence-corrected chi connectivity index (χ1v) is 12.7. The first kappa shape index (κ1) is 22.6. The molecule has 1 atom stereocenters. The van der Waals surface area contributed by atoms with Crippen LogP contribution in [0.4, 0.5) is 0 Å². The second-order valence-electron chi connectivity index (χ2n) is 9.26. The SMILES string of the molecule is NC(=O)C1CCCN(C(=O)c2csc(C3CCN(C(=O)Cc4c[nH]c5ccccc45)CC3)n2)C1. The number of hydrogen-bond donors (Lipinski definition) is 2. The highest BCUT2D eigenvalue weighted by Gasteiger charge is 2.30. The number of primary amides is 1. The summed E-state index contributed by atoms with van der Waals surface area (Å²) >= 11 is 1.51. The predicted octanol–water partition coefficient (Wildman–Crippen LogP) is 2.91. The van der Waals surface area contributed by atoms with Gasteiger partial charge in [-0.05, 0) is 37.3 Å². The van der Waals surface area contributed by atoms with E-state index in [0.29, 0.717) is 38.3 Å². The summed E-state index contributed by atoms with van der Waals surface area (Å²) in [6, 6.07) is 8.03. The second-order valence-corrected chi connectivity index (χ2v) is 10.1. The van der Waals surface area contributed by atoms with E-state index in [2.05, 4.69) is 9.97 Å². The maximum Gasteiger partial charge on any atom is 0.273 e. The number of aromatic nitrogens is 2. The van der Waals surface area contributed by atoms with Crippen molar-refractivity contribution in [2.45, 2.75) is 38.0 Å². The van der Waals surface area contributed by atoms with E-state index in [9.17, 15) is 14.4 Å². The van der Waals surface area contributed by atoms with Gasteiger partial charge >= 0.3 is 0 Å². The Balaban J connectivity index is 1.16. The number of nitrogens with two attached hydrogens (primary N) is 1. The third-order valence-electron chi connectivity index (χ3n) is 7.07. The van der Waals surface area contributed by atoms with Crippen LogP contribution < -0.4 is 5.73 Å². The maximum absolute atomic E-state index is 12.9. The molecule has 0 bridgehead atoms. The van der Waals surface area contributed by atoms with Crippen molar-refractivity contribution in [2.24, 2.45) is 11.7 Å². The number of aromatic amines is 1. The van der Waals surface area contributed by atoms with Gasteiger partial charge in [0, 0.05) is 54.6 Å². The zero-order valence-corrected chi connectivity index (χ0v) is 19.9. The Morgan fingerprint density at radius 3 is 2.68 bits per heavy atom. The Morgan fingerprint density at radius 2 is 1.88 bits per heavy atom. The first-order valence-electron chi connectivity index (χ1n) is 11.9. The lowest BCUT2D eigenvalue weighted by Crippen LogP contribution is -2.44. The minimum Gasteiger partial charge on any atom is -0.369 e. The van der Waals surface area contributed by atoms with Crippen molar-refractivity contribution in [3.63, 3.8) is 0 Å². The average molecular weight is 480 g/mol. The summed E-state index contributed by atoms with van der Waals surface area (Å²) in [5.74, 6) is -0.347. The molecule has 1 unspecified atom stereocenters. The van der Waals surface area contributed by atoms with Crippen LogP contribution in [0.5, 0.6) is 0 Å². The predicted molar refractivity (Wildman–Crippen MR) is 130 cm³/mol. The number of para-hydroxylation sites is 1. The summed E-state index contributed by atoms with van der Waals surface area (Å²) in [7, 11) is 0. The minimum atomic E-state index is -0.345. The van der Waals surface area contributed by atoms with Gasteiger partial charge < -0.3 is 20.5 Å². The molecule has 2 saturated heterocycles. The molecule has 178 valence electrons. The number of fused-ring (bicyclic) bond motifs is 1. The zero-order chi connectivity index (χ0) is 23.7. The number of carbonyl (C=O) groups is 3. The van der Waals surface area contributed by atoms with Gasteiger partial charge in [0.1, 0.15) is 5.69 Å². The van der Waals surface area contributed by atoms with Gasteiger partial charge in [-0.25, -0.2) is 4.98 Å². The molecule has 5 rings (SSSR count). The Bertz CT molecular complexity index is 1210. The van der Waals surface area contributed by atoms with E-state index < -0.39 is 0 Å². The van der Waals surface area contributed by atoms with Crippen LogP contribution in [0.25, 0.3) is 10.9 Å². The van der Waals surface area contributed by atoms with Crippen molar-refractivity contribution in [2.75, 3.05) is 26.2 Å². The Labute approximate surface area is 202 Å². The number of benzene rings is 1. The van der Waals surface area contributed by atoms with E-state index >= 15 is 0 Å². The summed E-state index contributed by atoms with van der Waals surface area (Å²) in [6.45, 7) is 2.40. The molecule has 0 aliphatic carbocycles. The van der Waals surface area contributed by atoms with Gasteiger partial charge in [-0.2, -0.15) is 0 Å². The highest BCUT2D eigenvalue weighted by atomic mass is 32.1. The number of rotatable bonds is 5. The fourth-order valence-corrected chi connectivity index (χ4v) is 6.02. The van der Waals surface area contributed by atoms with Crippen molar-refractivity contribution in [1.82, 2.24) is 19.8 Å². The van der Waals surface area contributed by atoms with Crippen LogP contribution in [-0.4, -0.2) is 63.7 Å². The van der Waals surface area contributed by atoms with Crippen LogP contribution in [-0.2, 0) is 16.0 Å². The number of nitrogens with zero attached hydrogens (tertiary/aromatic N) is 3. The molecule has 1 aromatic carbocycles. The second kappa shape index (κ2) is 9.58. The molecular weight excluding hydrogens is 450 g/mol. The van der Waals surface area contributed by atoms with Crippen molar-refractivity contribution in [3.05, 3.63) is 52.1 Å². The van der Waals surface area contributed by atoms with Gasteiger partial charge in [0.2, 0.25) is 11.8 Å². The molecule has 3 aromatic rings. The van der Waals surface area contributed by atoms with Gasteiger partial charge in [0.15, 0.2) is 0 Å². The lowest BCUT2D eigenvalue weighted by atomic mass is 9.96. The monoisotopic (exact) mass is 479 g/mol. The summed E-state index contributed by atoms with van der Waals surface area (Å²) < 4.78 is 0. The summed E-state index contributed by atoms with van der Waals surface area (Å²) in [4.78, 5) is 48.9. The molecule has 4 heterocycles. The molecule has 2 aromatic heterocycles. The number of hydrogen-bond acceptors (Lipinski definition) is 5.